The van der Waals surface area contributed by atoms with Gasteiger partial charge in [-0.25, -0.2) is 4.39 Å². The van der Waals surface area contributed by atoms with E-state index < -0.39 is 58.9 Å². The first kappa shape index (κ1) is 25.3. The number of nitrogens with two attached hydrogens (primary N) is 1. The van der Waals surface area contributed by atoms with E-state index in [1.165, 1.54) is 26.1 Å². The van der Waals surface area contributed by atoms with E-state index in [0.29, 0.717) is 0 Å². The molecule has 0 unspecified atom stereocenters. The monoisotopic (exact) mass is 487 g/mol. The Morgan fingerprint density at radius 2 is 1.94 bits per heavy atom. The van der Waals surface area contributed by atoms with Gasteiger partial charge in [-0.1, -0.05) is 13.0 Å². The molecule has 1 saturated heterocycles. The van der Waals surface area contributed by atoms with Crippen molar-refractivity contribution >= 4 is 17.5 Å². The SMILES string of the molecule is CCOc1c([C@H]2[C@@H](C(=O)Nc3ccnc(C(N)=O)c3)O[C@](C)(C(F)(F)F)[C@@H]2C)ccc(F)c1F. The lowest BCUT2D eigenvalue weighted by Gasteiger charge is -2.32. The number of hydrogen-bond acceptors (Lipinski definition) is 5. The molecule has 0 aliphatic carbocycles. The van der Waals surface area contributed by atoms with Gasteiger partial charge < -0.3 is 20.5 Å². The van der Waals surface area contributed by atoms with Crippen LogP contribution in [-0.4, -0.2) is 41.3 Å². The third-order valence-electron chi connectivity index (χ3n) is 5.93. The highest BCUT2D eigenvalue weighted by atomic mass is 19.4. The topological polar surface area (TPSA) is 104 Å². The number of nitrogens with one attached hydrogen (secondary N) is 1. The minimum absolute atomic E-state index is 0.0275. The second-order valence-electron chi connectivity index (χ2n) is 7.95. The standard InChI is InChI=1S/C22H22F5N3O4/c1-4-33-17-12(5-6-13(23)16(17)24)15-10(2)21(3,22(25,26)27)34-18(15)20(32)30-11-7-8-29-14(9-11)19(28)31/h5-10,15,18H,4H2,1-3H3,(H2,28,31)(H,29,30,32)/t10-,15+,18+,21+/m1/s1. The van der Waals surface area contributed by atoms with Crippen molar-refractivity contribution < 1.29 is 41.0 Å². The lowest BCUT2D eigenvalue weighted by molar-refractivity contribution is -0.272. The molecule has 0 saturated carbocycles. The van der Waals surface area contributed by atoms with Gasteiger partial charge in [0.05, 0.1) is 6.61 Å². The van der Waals surface area contributed by atoms with E-state index in [0.717, 1.165) is 25.1 Å². The predicted octanol–water partition coefficient (Wildman–Crippen LogP) is 3.94. The molecule has 184 valence electrons. The number of primary amides is 1. The first-order valence-electron chi connectivity index (χ1n) is 10.2. The molecule has 2 aromatic rings. The number of hydrogen-bond donors (Lipinski definition) is 2. The zero-order chi connectivity index (χ0) is 25.4. The average molecular weight is 487 g/mol. The zero-order valence-electron chi connectivity index (χ0n) is 18.4. The number of halogens is 5. The van der Waals surface area contributed by atoms with E-state index in [4.69, 9.17) is 15.2 Å². The number of carbonyl (C=O) groups is 2. The molecule has 0 spiro atoms. The average Bonchev–Trinajstić information content (AvgIpc) is 3.04. The summed E-state index contributed by atoms with van der Waals surface area (Å²) in [7, 11) is 0. The molecule has 3 N–H and O–H groups in total. The van der Waals surface area contributed by atoms with E-state index in [1.807, 2.05) is 0 Å². The Morgan fingerprint density at radius 3 is 2.53 bits per heavy atom. The van der Waals surface area contributed by atoms with Crippen molar-refractivity contribution in [1.82, 2.24) is 4.98 Å². The number of anilines is 1. The molecular weight excluding hydrogens is 465 g/mol. The number of rotatable bonds is 6. The largest absolute Gasteiger partial charge is 0.490 e. The minimum atomic E-state index is -4.89. The molecule has 1 fully saturated rings. The number of amides is 2. The van der Waals surface area contributed by atoms with Crippen LogP contribution < -0.4 is 15.8 Å². The Balaban J connectivity index is 2.09. The van der Waals surface area contributed by atoms with Crippen LogP contribution in [0.15, 0.2) is 30.5 Å². The number of aromatic nitrogens is 1. The summed E-state index contributed by atoms with van der Waals surface area (Å²) in [4.78, 5) is 28.2. The third-order valence-corrected chi connectivity index (χ3v) is 5.93. The van der Waals surface area contributed by atoms with Gasteiger partial charge in [0.1, 0.15) is 11.8 Å². The maximum atomic E-state index is 14.5. The lowest BCUT2D eigenvalue weighted by Crippen LogP contribution is -2.47. The van der Waals surface area contributed by atoms with Crippen molar-refractivity contribution in [2.45, 2.75) is 44.6 Å². The molecule has 0 radical (unpaired) electrons. The van der Waals surface area contributed by atoms with E-state index in [1.54, 1.807) is 0 Å². The van der Waals surface area contributed by atoms with Gasteiger partial charge in [-0.2, -0.15) is 17.6 Å². The van der Waals surface area contributed by atoms with Gasteiger partial charge in [-0.3, -0.25) is 14.6 Å². The highest BCUT2D eigenvalue weighted by Gasteiger charge is 2.65. The highest BCUT2D eigenvalue weighted by Crippen LogP contribution is 2.55. The number of ether oxygens (including phenoxy) is 2. The molecular formula is C22H22F5N3O4. The van der Waals surface area contributed by atoms with Crippen molar-refractivity contribution in [2.24, 2.45) is 11.7 Å². The summed E-state index contributed by atoms with van der Waals surface area (Å²) in [5, 5.41) is 2.38. The van der Waals surface area contributed by atoms with Crippen molar-refractivity contribution in [1.29, 1.82) is 0 Å². The van der Waals surface area contributed by atoms with Gasteiger partial charge >= 0.3 is 6.18 Å². The molecule has 0 bridgehead atoms. The van der Waals surface area contributed by atoms with Crippen molar-refractivity contribution in [3.05, 3.63) is 53.4 Å². The lowest BCUT2D eigenvalue weighted by atomic mass is 9.77. The second-order valence-corrected chi connectivity index (χ2v) is 7.95. The van der Waals surface area contributed by atoms with Gasteiger partial charge in [-0.05, 0) is 32.0 Å². The molecule has 4 atom stereocenters. The maximum absolute atomic E-state index is 14.5. The molecule has 2 amide bonds. The van der Waals surface area contributed by atoms with Crippen LogP contribution in [0.4, 0.5) is 27.6 Å². The summed E-state index contributed by atoms with van der Waals surface area (Å²) in [6.07, 6.45) is -5.48. The van der Waals surface area contributed by atoms with Crippen LogP contribution >= 0.6 is 0 Å². The van der Waals surface area contributed by atoms with Crippen LogP contribution in [0.2, 0.25) is 0 Å². The summed E-state index contributed by atoms with van der Waals surface area (Å²) in [5.74, 6) is -7.87. The highest BCUT2D eigenvalue weighted by molar-refractivity contribution is 5.97. The van der Waals surface area contributed by atoms with E-state index >= 15 is 0 Å². The number of benzene rings is 1. The zero-order valence-corrected chi connectivity index (χ0v) is 18.4. The molecule has 12 heteroatoms. The van der Waals surface area contributed by atoms with Gasteiger partial charge in [0.2, 0.25) is 5.82 Å². The Labute approximate surface area is 191 Å². The fourth-order valence-corrected chi connectivity index (χ4v) is 3.98. The molecule has 3 rings (SSSR count). The molecule has 7 nitrogen and oxygen atoms in total. The summed E-state index contributed by atoms with van der Waals surface area (Å²) >= 11 is 0. The Hall–Kier alpha value is -3.28. The molecule has 1 aromatic heterocycles. The van der Waals surface area contributed by atoms with Crippen LogP contribution in [0.1, 0.15) is 42.7 Å². The van der Waals surface area contributed by atoms with Crippen molar-refractivity contribution in [2.75, 3.05) is 11.9 Å². The quantitative estimate of drug-likeness (QED) is 0.601. The Kier molecular flexibility index (Phi) is 6.83. The number of carbonyl (C=O) groups excluding carboxylic acids is 2. The summed E-state index contributed by atoms with van der Waals surface area (Å²) < 4.78 is 80.9. The number of pyridine rings is 1. The van der Waals surface area contributed by atoms with Crippen LogP contribution in [0.25, 0.3) is 0 Å². The fourth-order valence-electron chi connectivity index (χ4n) is 3.98. The normalized spacial score (nSPS) is 24.6. The van der Waals surface area contributed by atoms with Crippen molar-refractivity contribution in [3.63, 3.8) is 0 Å². The molecule has 1 aliphatic heterocycles. The van der Waals surface area contributed by atoms with Crippen LogP contribution in [-0.2, 0) is 9.53 Å². The van der Waals surface area contributed by atoms with E-state index in [2.05, 4.69) is 10.3 Å². The molecule has 1 aromatic carbocycles. The van der Waals surface area contributed by atoms with Gasteiger partial charge in [-0.15, -0.1) is 0 Å². The molecule has 1 aliphatic rings. The molecule has 2 heterocycles. The Morgan fingerprint density at radius 1 is 1.26 bits per heavy atom. The fraction of sp³-hybridized carbons (Fsp3) is 0.409. The van der Waals surface area contributed by atoms with Gasteiger partial charge in [0, 0.05) is 29.3 Å². The first-order chi connectivity index (χ1) is 15.8. The number of alkyl halides is 3. The van der Waals surface area contributed by atoms with Gasteiger partial charge in [0.15, 0.2) is 17.2 Å². The minimum Gasteiger partial charge on any atom is -0.490 e. The van der Waals surface area contributed by atoms with Crippen LogP contribution in [0, 0.1) is 17.6 Å². The summed E-state index contributed by atoms with van der Waals surface area (Å²) in [6.45, 7) is 3.39. The number of nitrogens with zero attached hydrogens (tertiary/aromatic N) is 1. The van der Waals surface area contributed by atoms with Gasteiger partial charge in [0.25, 0.3) is 11.8 Å². The third kappa shape index (κ3) is 4.41. The summed E-state index contributed by atoms with van der Waals surface area (Å²) in [6, 6.07) is 4.26. The predicted molar refractivity (Wildman–Crippen MR) is 110 cm³/mol. The van der Waals surface area contributed by atoms with Crippen molar-refractivity contribution in [3.8, 4) is 5.75 Å². The van der Waals surface area contributed by atoms with E-state index in [9.17, 15) is 31.5 Å². The van der Waals surface area contributed by atoms with E-state index in [-0.39, 0.29) is 23.6 Å². The summed E-state index contributed by atoms with van der Waals surface area (Å²) in [5.41, 5.74) is 2.07. The second kappa shape index (κ2) is 9.16. The van der Waals surface area contributed by atoms with Crippen LogP contribution in [0.5, 0.6) is 5.75 Å². The Bertz CT molecular complexity index is 1110. The first-order valence-corrected chi connectivity index (χ1v) is 10.2. The maximum Gasteiger partial charge on any atom is 0.417 e. The molecule has 34 heavy (non-hydrogen) atoms. The van der Waals surface area contributed by atoms with Crippen LogP contribution in [0.3, 0.4) is 0 Å². The smallest absolute Gasteiger partial charge is 0.417 e.